The molecule has 0 aliphatic heterocycles. The van der Waals surface area contributed by atoms with Crippen LogP contribution in [0, 0.1) is 5.92 Å². The molecule has 5 heteroatoms. The molecule has 138 valence electrons. The Kier molecular flexibility index (Phi) is 9.51. The van der Waals surface area contributed by atoms with Gasteiger partial charge in [-0.05, 0) is 43.5 Å². The molecule has 1 aromatic rings. The molecule has 0 amide bonds. The summed E-state index contributed by atoms with van der Waals surface area (Å²) in [5.74, 6) is -0.182. The van der Waals surface area contributed by atoms with E-state index < -0.39 is 5.97 Å². The molecule has 0 aliphatic rings. The lowest BCUT2D eigenvalue weighted by Crippen LogP contribution is -2.16. The van der Waals surface area contributed by atoms with Crippen LogP contribution in [-0.2, 0) is 14.3 Å². The lowest BCUT2D eigenvalue weighted by molar-refractivity contribution is -0.148. The third kappa shape index (κ3) is 8.47. The predicted octanol–water partition coefficient (Wildman–Crippen LogP) is 4.33. The third-order valence-corrected chi connectivity index (χ3v) is 4.05. The summed E-state index contributed by atoms with van der Waals surface area (Å²) in [4.78, 5) is 34.7. The molecule has 0 saturated heterocycles. The summed E-state index contributed by atoms with van der Waals surface area (Å²) in [6, 6.07) is 6.32. The average molecular weight is 348 g/mol. The smallest absolute Gasteiger partial charge is 0.311 e. The van der Waals surface area contributed by atoms with Gasteiger partial charge in [-0.1, -0.05) is 33.1 Å². The van der Waals surface area contributed by atoms with Gasteiger partial charge in [0.1, 0.15) is 5.75 Å². The number of unbranched alkanes of at least 4 members (excludes halogenated alkanes) is 1. The van der Waals surface area contributed by atoms with E-state index in [-0.39, 0.29) is 24.6 Å². The molecule has 0 bridgehead atoms. The highest BCUT2D eigenvalue weighted by atomic mass is 16.5. The second-order valence-corrected chi connectivity index (χ2v) is 6.15. The largest absolute Gasteiger partial charge is 0.465 e. The highest BCUT2D eigenvalue weighted by Gasteiger charge is 2.13. The molecule has 0 N–H and O–H groups in total. The topological polar surface area (TPSA) is 69.7 Å². The Morgan fingerprint density at radius 3 is 2.20 bits per heavy atom. The SMILES string of the molecule is CCCCC(CC)COC(=O)CCC(=O)Oc1ccc(C(C)=O)cc1. The number of hydrogen-bond donors (Lipinski definition) is 0. The van der Waals surface area contributed by atoms with Crippen molar-refractivity contribution in [2.45, 2.75) is 59.3 Å². The van der Waals surface area contributed by atoms with Gasteiger partial charge in [0.25, 0.3) is 0 Å². The molecule has 1 rings (SSSR count). The van der Waals surface area contributed by atoms with Crippen LogP contribution in [0.1, 0.15) is 69.7 Å². The monoisotopic (exact) mass is 348 g/mol. The first-order chi connectivity index (χ1) is 12.0. The van der Waals surface area contributed by atoms with Crippen molar-refractivity contribution in [2.75, 3.05) is 6.61 Å². The number of ether oxygens (including phenoxy) is 2. The number of carbonyl (C=O) groups excluding carboxylic acids is 3. The van der Waals surface area contributed by atoms with Crippen molar-refractivity contribution in [3.05, 3.63) is 29.8 Å². The molecule has 0 heterocycles. The lowest BCUT2D eigenvalue weighted by atomic mass is 10.0. The standard InChI is InChI=1S/C20H28O5/c1-4-6-7-16(5-2)14-24-19(22)12-13-20(23)25-18-10-8-17(9-11-18)15(3)21/h8-11,16H,4-7,12-14H2,1-3H3. The Balaban J connectivity index is 2.30. The van der Waals surface area contributed by atoms with Crippen LogP contribution < -0.4 is 4.74 Å². The zero-order valence-corrected chi connectivity index (χ0v) is 15.4. The highest BCUT2D eigenvalue weighted by Crippen LogP contribution is 2.15. The first kappa shape index (κ1) is 20.9. The summed E-state index contributed by atoms with van der Waals surface area (Å²) in [6.45, 7) is 6.11. The molecule has 5 nitrogen and oxygen atoms in total. The van der Waals surface area contributed by atoms with E-state index in [2.05, 4.69) is 13.8 Å². The molecule has 1 atom stereocenters. The summed E-state index contributed by atoms with van der Waals surface area (Å²) in [5, 5.41) is 0. The molecular formula is C20H28O5. The Bertz CT molecular complexity index is 562. The Hall–Kier alpha value is -2.17. The van der Waals surface area contributed by atoms with Gasteiger partial charge in [-0.15, -0.1) is 0 Å². The van der Waals surface area contributed by atoms with Crippen molar-refractivity contribution < 1.29 is 23.9 Å². The molecular weight excluding hydrogens is 320 g/mol. The second-order valence-electron chi connectivity index (χ2n) is 6.15. The number of hydrogen-bond acceptors (Lipinski definition) is 5. The van der Waals surface area contributed by atoms with Crippen molar-refractivity contribution in [1.29, 1.82) is 0 Å². The van der Waals surface area contributed by atoms with E-state index in [9.17, 15) is 14.4 Å². The van der Waals surface area contributed by atoms with Gasteiger partial charge in [0.05, 0.1) is 19.4 Å². The van der Waals surface area contributed by atoms with Crippen LogP contribution >= 0.6 is 0 Å². The van der Waals surface area contributed by atoms with Crippen molar-refractivity contribution in [2.24, 2.45) is 5.92 Å². The van der Waals surface area contributed by atoms with Gasteiger partial charge in [0.15, 0.2) is 5.78 Å². The highest BCUT2D eigenvalue weighted by molar-refractivity contribution is 5.94. The van der Waals surface area contributed by atoms with Crippen molar-refractivity contribution in [3.8, 4) is 5.75 Å². The third-order valence-electron chi connectivity index (χ3n) is 4.05. The number of rotatable bonds is 11. The molecule has 25 heavy (non-hydrogen) atoms. The minimum atomic E-state index is -0.495. The van der Waals surface area contributed by atoms with E-state index >= 15 is 0 Å². The van der Waals surface area contributed by atoms with Gasteiger partial charge >= 0.3 is 11.9 Å². The van der Waals surface area contributed by atoms with Crippen LogP contribution in [0.3, 0.4) is 0 Å². The molecule has 0 spiro atoms. The Morgan fingerprint density at radius 2 is 1.64 bits per heavy atom. The van der Waals surface area contributed by atoms with Gasteiger partial charge in [-0.3, -0.25) is 14.4 Å². The van der Waals surface area contributed by atoms with Gasteiger partial charge in [-0.25, -0.2) is 0 Å². The molecule has 0 fully saturated rings. The van der Waals surface area contributed by atoms with Crippen LogP contribution in [0.4, 0.5) is 0 Å². The molecule has 0 radical (unpaired) electrons. The zero-order valence-electron chi connectivity index (χ0n) is 15.4. The Labute approximate surface area is 149 Å². The van der Waals surface area contributed by atoms with Crippen LogP contribution in [0.15, 0.2) is 24.3 Å². The number of Topliss-reactive ketones (excluding diaryl/α,β-unsaturated/α-hetero) is 1. The lowest BCUT2D eigenvalue weighted by Gasteiger charge is -2.14. The first-order valence-corrected chi connectivity index (χ1v) is 8.93. The minimum absolute atomic E-state index is 0.00851. The summed E-state index contributed by atoms with van der Waals surface area (Å²) in [7, 11) is 0. The molecule has 0 aliphatic carbocycles. The van der Waals surface area contributed by atoms with E-state index in [0.29, 0.717) is 23.8 Å². The van der Waals surface area contributed by atoms with Crippen molar-refractivity contribution in [1.82, 2.24) is 0 Å². The fourth-order valence-electron chi connectivity index (χ4n) is 2.33. The first-order valence-electron chi connectivity index (χ1n) is 8.93. The van der Waals surface area contributed by atoms with Crippen LogP contribution in [0.2, 0.25) is 0 Å². The number of benzene rings is 1. The van der Waals surface area contributed by atoms with Crippen molar-refractivity contribution in [3.63, 3.8) is 0 Å². The van der Waals surface area contributed by atoms with E-state index in [1.54, 1.807) is 24.3 Å². The quantitative estimate of drug-likeness (QED) is 0.338. The number of ketones is 1. The van der Waals surface area contributed by atoms with E-state index in [0.717, 1.165) is 25.7 Å². The summed E-state index contributed by atoms with van der Waals surface area (Å²) < 4.78 is 10.4. The average Bonchev–Trinajstić information content (AvgIpc) is 2.60. The molecule has 0 aromatic heterocycles. The minimum Gasteiger partial charge on any atom is -0.465 e. The van der Waals surface area contributed by atoms with Crippen LogP contribution in [-0.4, -0.2) is 24.3 Å². The van der Waals surface area contributed by atoms with E-state index in [1.807, 2.05) is 0 Å². The van der Waals surface area contributed by atoms with E-state index in [4.69, 9.17) is 9.47 Å². The second kappa shape index (κ2) is 11.4. The number of esters is 2. The summed E-state index contributed by atoms with van der Waals surface area (Å²) in [6.07, 6.45) is 4.27. The maximum absolute atomic E-state index is 11.8. The fourth-order valence-corrected chi connectivity index (χ4v) is 2.33. The predicted molar refractivity (Wildman–Crippen MR) is 95.6 cm³/mol. The van der Waals surface area contributed by atoms with Gasteiger partial charge in [-0.2, -0.15) is 0 Å². The fraction of sp³-hybridized carbons (Fsp3) is 0.550. The van der Waals surface area contributed by atoms with Crippen molar-refractivity contribution >= 4 is 17.7 Å². The van der Waals surface area contributed by atoms with Crippen LogP contribution in [0.5, 0.6) is 5.75 Å². The summed E-state index contributed by atoms with van der Waals surface area (Å²) >= 11 is 0. The molecule has 1 aromatic carbocycles. The normalized spacial score (nSPS) is 11.6. The zero-order chi connectivity index (χ0) is 18.7. The molecule has 1 unspecified atom stereocenters. The van der Waals surface area contributed by atoms with Gasteiger partial charge in [0.2, 0.25) is 0 Å². The van der Waals surface area contributed by atoms with Crippen LogP contribution in [0.25, 0.3) is 0 Å². The maximum atomic E-state index is 11.8. The number of carbonyl (C=O) groups is 3. The molecule has 0 saturated carbocycles. The van der Waals surface area contributed by atoms with E-state index in [1.165, 1.54) is 6.92 Å². The maximum Gasteiger partial charge on any atom is 0.311 e. The Morgan fingerprint density at radius 1 is 1.00 bits per heavy atom. The van der Waals surface area contributed by atoms with Gasteiger partial charge in [0, 0.05) is 5.56 Å². The van der Waals surface area contributed by atoms with Gasteiger partial charge < -0.3 is 9.47 Å². The summed E-state index contributed by atoms with van der Waals surface area (Å²) in [5.41, 5.74) is 0.553.